The molecule has 1 aliphatic rings. The Kier molecular flexibility index (Phi) is 3.22. The van der Waals surface area contributed by atoms with Gasteiger partial charge in [-0.25, -0.2) is 0 Å². The van der Waals surface area contributed by atoms with Gasteiger partial charge in [0.2, 0.25) is 0 Å². The molecular formula is C12H16O2S. The maximum atomic E-state index is 11.9. The number of thiophene rings is 1. The highest BCUT2D eigenvalue weighted by Gasteiger charge is 2.34. The molecule has 1 fully saturated rings. The smallest absolute Gasteiger partial charge is 0.141 e. The Morgan fingerprint density at radius 1 is 1.60 bits per heavy atom. The highest BCUT2D eigenvalue weighted by molar-refractivity contribution is 7.10. The molecule has 0 aliphatic heterocycles. The highest BCUT2D eigenvalue weighted by Crippen LogP contribution is 2.39. The summed E-state index contributed by atoms with van der Waals surface area (Å²) >= 11 is 1.71. The molecule has 0 saturated heterocycles. The van der Waals surface area contributed by atoms with Crippen LogP contribution in [0.15, 0.2) is 11.4 Å². The molecule has 0 amide bonds. The third-order valence-corrected chi connectivity index (χ3v) is 4.20. The largest absolute Gasteiger partial charge is 0.384 e. The molecule has 1 saturated carbocycles. The number of ether oxygens (including phenoxy) is 1. The Bertz CT molecular complexity index is 356. The number of hydrogen-bond acceptors (Lipinski definition) is 3. The van der Waals surface area contributed by atoms with Crippen molar-refractivity contribution < 1.29 is 9.53 Å². The number of rotatable bonds is 3. The summed E-state index contributed by atoms with van der Waals surface area (Å²) in [4.78, 5) is 13.1. The highest BCUT2D eigenvalue weighted by atomic mass is 32.1. The van der Waals surface area contributed by atoms with Crippen molar-refractivity contribution in [2.75, 3.05) is 13.7 Å². The zero-order chi connectivity index (χ0) is 10.8. The standard InChI is InChI=1S/C12H16O2S/c1-8-3-4-15-12(8)10-5-9(7-14-2)6-11(10)13/h3-4,9-10H,5-7H2,1-2H3. The van der Waals surface area contributed by atoms with Crippen molar-refractivity contribution in [3.05, 3.63) is 21.9 Å². The maximum Gasteiger partial charge on any atom is 0.141 e. The van der Waals surface area contributed by atoms with Crippen LogP contribution in [0, 0.1) is 12.8 Å². The molecule has 3 heteroatoms. The number of carbonyl (C=O) groups excluding carboxylic acids is 1. The fourth-order valence-corrected chi connectivity index (χ4v) is 3.40. The van der Waals surface area contributed by atoms with E-state index in [9.17, 15) is 4.79 Å². The fraction of sp³-hybridized carbons (Fsp3) is 0.583. The van der Waals surface area contributed by atoms with E-state index in [0.717, 1.165) is 6.42 Å². The van der Waals surface area contributed by atoms with Crippen LogP contribution in [0.2, 0.25) is 0 Å². The van der Waals surface area contributed by atoms with Gasteiger partial charge in [-0.2, -0.15) is 0 Å². The summed E-state index contributed by atoms with van der Waals surface area (Å²) in [6, 6.07) is 2.09. The topological polar surface area (TPSA) is 26.3 Å². The minimum absolute atomic E-state index is 0.144. The van der Waals surface area contributed by atoms with Crippen molar-refractivity contribution in [3.63, 3.8) is 0 Å². The van der Waals surface area contributed by atoms with Gasteiger partial charge in [0.1, 0.15) is 5.78 Å². The lowest BCUT2D eigenvalue weighted by Crippen LogP contribution is -2.03. The van der Waals surface area contributed by atoms with Gasteiger partial charge >= 0.3 is 0 Å². The normalized spacial score (nSPS) is 26.1. The summed E-state index contributed by atoms with van der Waals surface area (Å²) in [6.07, 6.45) is 1.66. The van der Waals surface area contributed by atoms with E-state index in [-0.39, 0.29) is 5.92 Å². The number of methoxy groups -OCH3 is 1. The first-order valence-corrected chi connectivity index (χ1v) is 6.16. The molecular weight excluding hydrogens is 208 g/mol. The molecule has 1 aromatic heterocycles. The van der Waals surface area contributed by atoms with Crippen LogP contribution in [0.4, 0.5) is 0 Å². The quantitative estimate of drug-likeness (QED) is 0.789. The maximum absolute atomic E-state index is 11.9. The van der Waals surface area contributed by atoms with Gasteiger partial charge in [-0.1, -0.05) is 0 Å². The van der Waals surface area contributed by atoms with Gasteiger partial charge in [-0.05, 0) is 36.3 Å². The van der Waals surface area contributed by atoms with Crippen molar-refractivity contribution in [2.24, 2.45) is 5.92 Å². The summed E-state index contributed by atoms with van der Waals surface area (Å²) in [5.41, 5.74) is 1.26. The molecule has 15 heavy (non-hydrogen) atoms. The molecule has 2 unspecified atom stereocenters. The molecule has 2 nitrogen and oxygen atoms in total. The summed E-state index contributed by atoms with van der Waals surface area (Å²) in [7, 11) is 1.70. The Labute approximate surface area is 94.3 Å². The number of aryl methyl sites for hydroxylation is 1. The van der Waals surface area contributed by atoms with E-state index in [1.165, 1.54) is 10.4 Å². The summed E-state index contributed by atoms with van der Waals surface area (Å²) < 4.78 is 5.12. The van der Waals surface area contributed by atoms with E-state index < -0.39 is 0 Å². The molecule has 1 aliphatic carbocycles. The second-order valence-corrected chi connectivity index (χ2v) is 5.20. The lowest BCUT2D eigenvalue weighted by Gasteiger charge is -2.08. The van der Waals surface area contributed by atoms with Crippen LogP contribution in [-0.4, -0.2) is 19.5 Å². The molecule has 2 atom stereocenters. The number of carbonyl (C=O) groups is 1. The van der Waals surface area contributed by atoms with Crippen LogP contribution in [0.3, 0.4) is 0 Å². The van der Waals surface area contributed by atoms with Crippen molar-refractivity contribution in [1.29, 1.82) is 0 Å². The number of Topliss-reactive ketones (excluding diaryl/α,β-unsaturated/α-hetero) is 1. The van der Waals surface area contributed by atoms with Crippen LogP contribution in [0.1, 0.15) is 29.2 Å². The number of hydrogen-bond donors (Lipinski definition) is 0. The molecule has 0 bridgehead atoms. The lowest BCUT2D eigenvalue weighted by molar-refractivity contribution is -0.118. The van der Waals surface area contributed by atoms with Crippen molar-refractivity contribution in [3.8, 4) is 0 Å². The van der Waals surface area contributed by atoms with Gasteiger partial charge in [-0.3, -0.25) is 4.79 Å². The Morgan fingerprint density at radius 2 is 2.40 bits per heavy atom. The lowest BCUT2D eigenvalue weighted by atomic mass is 10.0. The molecule has 0 N–H and O–H groups in total. The van der Waals surface area contributed by atoms with Crippen LogP contribution in [-0.2, 0) is 9.53 Å². The zero-order valence-corrected chi connectivity index (χ0v) is 9.97. The third kappa shape index (κ3) is 2.13. The Balaban J connectivity index is 2.12. The van der Waals surface area contributed by atoms with Gasteiger partial charge in [0.05, 0.1) is 5.92 Å². The van der Waals surface area contributed by atoms with E-state index >= 15 is 0 Å². The second-order valence-electron chi connectivity index (χ2n) is 4.25. The first-order chi connectivity index (χ1) is 7.22. The van der Waals surface area contributed by atoms with Crippen LogP contribution < -0.4 is 0 Å². The average molecular weight is 224 g/mol. The van der Waals surface area contributed by atoms with Crippen molar-refractivity contribution in [2.45, 2.75) is 25.7 Å². The molecule has 2 rings (SSSR count). The minimum atomic E-state index is 0.144. The molecule has 0 aromatic carbocycles. The van der Waals surface area contributed by atoms with Crippen LogP contribution in [0.5, 0.6) is 0 Å². The summed E-state index contributed by atoms with van der Waals surface area (Å²) in [6.45, 7) is 2.80. The van der Waals surface area contributed by atoms with E-state index in [1.54, 1.807) is 18.4 Å². The van der Waals surface area contributed by atoms with Gasteiger partial charge < -0.3 is 4.74 Å². The second kappa shape index (κ2) is 4.45. The minimum Gasteiger partial charge on any atom is -0.384 e. The van der Waals surface area contributed by atoms with E-state index in [2.05, 4.69) is 18.4 Å². The first-order valence-electron chi connectivity index (χ1n) is 5.28. The number of ketones is 1. The zero-order valence-electron chi connectivity index (χ0n) is 9.16. The van der Waals surface area contributed by atoms with Crippen molar-refractivity contribution in [1.82, 2.24) is 0 Å². The van der Waals surface area contributed by atoms with Gasteiger partial charge in [-0.15, -0.1) is 11.3 Å². The van der Waals surface area contributed by atoms with E-state index in [0.29, 0.717) is 24.7 Å². The molecule has 1 aromatic rings. The van der Waals surface area contributed by atoms with Gasteiger partial charge in [0, 0.05) is 25.0 Å². The monoisotopic (exact) mass is 224 g/mol. The molecule has 82 valence electrons. The average Bonchev–Trinajstić information content (AvgIpc) is 2.73. The van der Waals surface area contributed by atoms with Gasteiger partial charge in [0.15, 0.2) is 0 Å². The Hall–Kier alpha value is -0.670. The van der Waals surface area contributed by atoms with Gasteiger partial charge in [0.25, 0.3) is 0 Å². The SMILES string of the molecule is COCC1CC(=O)C(c2sccc2C)C1. The summed E-state index contributed by atoms with van der Waals surface area (Å²) in [5, 5.41) is 2.07. The predicted octanol–water partition coefficient (Wildman–Crippen LogP) is 2.77. The van der Waals surface area contributed by atoms with E-state index in [1.807, 2.05) is 0 Å². The van der Waals surface area contributed by atoms with E-state index in [4.69, 9.17) is 4.74 Å². The molecule has 0 spiro atoms. The van der Waals surface area contributed by atoms with Crippen molar-refractivity contribution >= 4 is 17.1 Å². The van der Waals surface area contributed by atoms with Crippen LogP contribution >= 0.6 is 11.3 Å². The first kappa shape index (κ1) is 10.8. The predicted molar refractivity (Wildman–Crippen MR) is 61.4 cm³/mol. The van der Waals surface area contributed by atoms with Crippen LogP contribution in [0.25, 0.3) is 0 Å². The Morgan fingerprint density at radius 3 is 3.00 bits per heavy atom. The fourth-order valence-electron chi connectivity index (χ4n) is 2.33. The third-order valence-electron chi connectivity index (χ3n) is 3.07. The summed E-state index contributed by atoms with van der Waals surface area (Å²) in [5.74, 6) is 0.960. The molecule has 1 heterocycles. The molecule has 0 radical (unpaired) electrons.